The summed E-state index contributed by atoms with van der Waals surface area (Å²) < 4.78 is 24.9. The van der Waals surface area contributed by atoms with E-state index in [1.165, 1.54) is 12.1 Å². The van der Waals surface area contributed by atoms with Crippen LogP contribution < -0.4 is 4.72 Å². The molecule has 6 nitrogen and oxygen atoms in total. The summed E-state index contributed by atoms with van der Waals surface area (Å²) >= 11 is 0. The van der Waals surface area contributed by atoms with Gasteiger partial charge in [-0.3, -0.25) is 9.71 Å². The molecule has 0 saturated carbocycles. The molecule has 0 radical (unpaired) electrons. The number of carboxylic acids is 1. The molecule has 0 unspecified atom stereocenters. The number of pyridine rings is 1. The SMILES string of the molecule is CS(=O)(=O)Nc1ccc(-c2ccnc3cc(C(=O)O)ccc23)cc1. The molecule has 0 aliphatic heterocycles. The van der Waals surface area contributed by atoms with Crippen molar-refractivity contribution in [3.63, 3.8) is 0 Å². The highest BCUT2D eigenvalue weighted by molar-refractivity contribution is 7.92. The monoisotopic (exact) mass is 342 g/mol. The summed E-state index contributed by atoms with van der Waals surface area (Å²) in [6, 6.07) is 13.6. The normalized spacial score (nSPS) is 11.4. The Hall–Kier alpha value is -2.93. The Morgan fingerprint density at radius 2 is 1.79 bits per heavy atom. The van der Waals surface area contributed by atoms with Crippen LogP contribution in [-0.2, 0) is 10.0 Å². The van der Waals surface area contributed by atoms with Gasteiger partial charge in [0.15, 0.2) is 0 Å². The fourth-order valence-corrected chi connectivity index (χ4v) is 3.03. The van der Waals surface area contributed by atoms with Gasteiger partial charge in [-0.15, -0.1) is 0 Å². The van der Waals surface area contributed by atoms with Crippen molar-refractivity contribution in [1.29, 1.82) is 0 Å². The largest absolute Gasteiger partial charge is 0.478 e. The second kappa shape index (κ2) is 5.93. The predicted octanol–water partition coefficient (Wildman–Crippen LogP) is 2.97. The lowest BCUT2D eigenvalue weighted by atomic mass is 10.00. The van der Waals surface area contributed by atoms with Crippen molar-refractivity contribution in [2.24, 2.45) is 0 Å². The van der Waals surface area contributed by atoms with Crippen molar-refractivity contribution in [2.45, 2.75) is 0 Å². The zero-order valence-corrected chi connectivity index (χ0v) is 13.5. The van der Waals surface area contributed by atoms with Gasteiger partial charge in [-0.1, -0.05) is 18.2 Å². The van der Waals surface area contributed by atoms with Crippen LogP contribution in [0.1, 0.15) is 10.4 Å². The number of nitrogens with zero attached hydrogens (tertiary/aromatic N) is 1. The molecule has 24 heavy (non-hydrogen) atoms. The number of hydrogen-bond donors (Lipinski definition) is 2. The van der Waals surface area contributed by atoms with E-state index >= 15 is 0 Å². The van der Waals surface area contributed by atoms with Gasteiger partial charge in [0.25, 0.3) is 0 Å². The van der Waals surface area contributed by atoms with Gasteiger partial charge in [0.1, 0.15) is 0 Å². The number of hydrogen-bond acceptors (Lipinski definition) is 4. The zero-order chi connectivity index (χ0) is 17.3. The number of carbonyl (C=O) groups is 1. The van der Waals surface area contributed by atoms with Gasteiger partial charge in [-0.05, 0) is 41.5 Å². The van der Waals surface area contributed by atoms with Crippen molar-refractivity contribution in [3.8, 4) is 11.1 Å². The highest BCUT2D eigenvalue weighted by Crippen LogP contribution is 2.29. The second-order valence-electron chi connectivity index (χ2n) is 5.35. The van der Waals surface area contributed by atoms with E-state index in [0.29, 0.717) is 11.2 Å². The Morgan fingerprint density at radius 1 is 1.08 bits per heavy atom. The van der Waals surface area contributed by atoms with Crippen LogP contribution in [0.3, 0.4) is 0 Å². The van der Waals surface area contributed by atoms with Crippen LogP contribution in [-0.4, -0.2) is 30.7 Å². The average molecular weight is 342 g/mol. The molecular formula is C17H14N2O4S. The zero-order valence-electron chi connectivity index (χ0n) is 12.7. The topological polar surface area (TPSA) is 96.4 Å². The van der Waals surface area contributed by atoms with E-state index in [1.807, 2.05) is 6.07 Å². The second-order valence-corrected chi connectivity index (χ2v) is 7.10. The molecule has 0 aliphatic rings. The quantitative estimate of drug-likeness (QED) is 0.760. The summed E-state index contributed by atoms with van der Waals surface area (Å²) in [5.41, 5.74) is 3.02. The van der Waals surface area contributed by atoms with Crippen LogP contribution in [0, 0.1) is 0 Å². The summed E-state index contributed by atoms with van der Waals surface area (Å²) in [6.45, 7) is 0. The standard InChI is InChI=1S/C17H14N2O4S/c1-24(22,23)19-13-5-2-11(3-6-13)14-8-9-18-16-10-12(17(20)21)4-7-15(14)16/h2-10,19H,1H3,(H,20,21). The van der Waals surface area contributed by atoms with Gasteiger partial charge in [-0.25, -0.2) is 13.2 Å². The van der Waals surface area contributed by atoms with Crippen LogP contribution in [0.4, 0.5) is 5.69 Å². The summed E-state index contributed by atoms with van der Waals surface area (Å²) in [6.07, 6.45) is 2.71. The summed E-state index contributed by atoms with van der Waals surface area (Å²) in [5, 5.41) is 9.90. The lowest BCUT2D eigenvalue weighted by Crippen LogP contribution is -2.09. The van der Waals surface area contributed by atoms with Gasteiger partial charge in [-0.2, -0.15) is 0 Å². The lowest BCUT2D eigenvalue weighted by Gasteiger charge is -2.09. The molecule has 0 atom stereocenters. The maximum absolute atomic E-state index is 11.2. The number of aromatic nitrogens is 1. The van der Waals surface area contributed by atoms with E-state index in [4.69, 9.17) is 5.11 Å². The molecule has 0 aliphatic carbocycles. The van der Waals surface area contributed by atoms with Gasteiger partial charge < -0.3 is 5.11 Å². The molecule has 122 valence electrons. The lowest BCUT2D eigenvalue weighted by molar-refractivity contribution is 0.0697. The molecule has 0 spiro atoms. The molecular weight excluding hydrogens is 328 g/mol. The molecule has 3 aromatic rings. The molecule has 7 heteroatoms. The van der Waals surface area contributed by atoms with Gasteiger partial charge in [0, 0.05) is 17.3 Å². The molecule has 1 aromatic heterocycles. The third kappa shape index (κ3) is 3.36. The van der Waals surface area contributed by atoms with E-state index < -0.39 is 16.0 Å². The molecule has 3 rings (SSSR count). The minimum Gasteiger partial charge on any atom is -0.478 e. The average Bonchev–Trinajstić information content (AvgIpc) is 2.53. The molecule has 1 heterocycles. The van der Waals surface area contributed by atoms with E-state index in [1.54, 1.807) is 36.5 Å². The van der Waals surface area contributed by atoms with Crippen molar-refractivity contribution < 1.29 is 18.3 Å². The molecule has 0 fully saturated rings. The first kappa shape index (κ1) is 15.9. The molecule has 0 amide bonds. The highest BCUT2D eigenvalue weighted by Gasteiger charge is 2.09. The predicted molar refractivity (Wildman–Crippen MR) is 92.6 cm³/mol. The van der Waals surface area contributed by atoms with Crippen LogP contribution in [0.5, 0.6) is 0 Å². The molecule has 0 bridgehead atoms. The number of aromatic carboxylic acids is 1. The molecule has 0 saturated heterocycles. The van der Waals surface area contributed by atoms with E-state index in [9.17, 15) is 13.2 Å². The van der Waals surface area contributed by atoms with Gasteiger partial charge in [0.05, 0.1) is 17.3 Å². The Balaban J connectivity index is 2.04. The first-order valence-corrected chi connectivity index (χ1v) is 8.93. The number of anilines is 1. The Bertz CT molecular complexity index is 1030. The first-order chi connectivity index (χ1) is 11.3. The fourth-order valence-electron chi connectivity index (χ4n) is 2.46. The summed E-state index contributed by atoms with van der Waals surface area (Å²) in [4.78, 5) is 15.3. The third-order valence-corrected chi connectivity index (χ3v) is 4.10. The number of benzene rings is 2. The van der Waals surface area contributed by atoms with E-state index in [2.05, 4.69) is 9.71 Å². The smallest absolute Gasteiger partial charge is 0.335 e. The minimum atomic E-state index is -3.32. The van der Waals surface area contributed by atoms with Gasteiger partial charge >= 0.3 is 5.97 Å². The Morgan fingerprint density at radius 3 is 2.42 bits per heavy atom. The Labute approximate surface area is 138 Å². The van der Waals surface area contributed by atoms with Crippen molar-refractivity contribution in [3.05, 3.63) is 60.3 Å². The maximum Gasteiger partial charge on any atom is 0.335 e. The van der Waals surface area contributed by atoms with Crippen molar-refractivity contribution >= 4 is 32.6 Å². The fraction of sp³-hybridized carbons (Fsp3) is 0.0588. The number of carboxylic acid groups (broad SMARTS) is 1. The van der Waals surface area contributed by atoms with Crippen molar-refractivity contribution in [2.75, 3.05) is 11.0 Å². The third-order valence-electron chi connectivity index (χ3n) is 3.49. The number of rotatable bonds is 4. The first-order valence-electron chi connectivity index (χ1n) is 7.04. The van der Waals surface area contributed by atoms with Crippen LogP contribution in [0.15, 0.2) is 54.7 Å². The van der Waals surface area contributed by atoms with Gasteiger partial charge in [0.2, 0.25) is 10.0 Å². The highest BCUT2D eigenvalue weighted by atomic mass is 32.2. The van der Waals surface area contributed by atoms with Crippen LogP contribution >= 0.6 is 0 Å². The van der Waals surface area contributed by atoms with Crippen LogP contribution in [0.2, 0.25) is 0 Å². The Kier molecular flexibility index (Phi) is 3.94. The number of fused-ring (bicyclic) bond motifs is 1. The minimum absolute atomic E-state index is 0.180. The number of nitrogens with one attached hydrogen (secondary N) is 1. The van der Waals surface area contributed by atoms with Crippen molar-refractivity contribution in [1.82, 2.24) is 4.98 Å². The molecule has 2 aromatic carbocycles. The number of sulfonamides is 1. The van der Waals surface area contributed by atoms with E-state index in [-0.39, 0.29) is 5.56 Å². The van der Waals surface area contributed by atoms with Crippen LogP contribution in [0.25, 0.3) is 22.0 Å². The summed E-state index contributed by atoms with van der Waals surface area (Å²) in [7, 11) is -3.32. The summed E-state index contributed by atoms with van der Waals surface area (Å²) in [5.74, 6) is -1.000. The van der Waals surface area contributed by atoms with E-state index in [0.717, 1.165) is 22.8 Å². The maximum atomic E-state index is 11.2. The molecule has 2 N–H and O–H groups in total.